The van der Waals surface area contributed by atoms with Crippen LogP contribution in [0.2, 0.25) is 5.02 Å². The molecule has 236 valence electrons. The van der Waals surface area contributed by atoms with Gasteiger partial charge in [0.05, 0.1) is 17.7 Å². The average molecular weight is 629 g/mol. The van der Waals surface area contributed by atoms with Crippen LogP contribution in [0, 0.1) is 12.3 Å². The van der Waals surface area contributed by atoms with Crippen LogP contribution in [-0.4, -0.2) is 56.1 Å². The van der Waals surface area contributed by atoms with Crippen LogP contribution in [0.1, 0.15) is 51.8 Å². The van der Waals surface area contributed by atoms with E-state index in [0.29, 0.717) is 28.5 Å². The predicted octanol–water partition coefficient (Wildman–Crippen LogP) is 7.54. The fourth-order valence-corrected chi connectivity index (χ4v) is 5.79. The van der Waals surface area contributed by atoms with Crippen molar-refractivity contribution in [3.63, 3.8) is 0 Å². The molecule has 0 radical (unpaired) electrons. The average Bonchev–Trinajstić information content (AvgIpc) is 3.39. The summed E-state index contributed by atoms with van der Waals surface area (Å²) in [5, 5.41) is 23.9. The molecular weight excluding hydrogens is 588 g/mol. The summed E-state index contributed by atoms with van der Waals surface area (Å²) in [6.07, 6.45) is 10.2. The first-order chi connectivity index (χ1) is 21.3. The van der Waals surface area contributed by atoms with Crippen molar-refractivity contribution >= 4 is 29.0 Å². The van der Waals surface area contributed by atoms with Gasteiger partial charge in [0.2, 0.25) is 0 Å². The number of halogens is 1. The second-order valence-electron chi connectivity index (χ2n) is 13.0. The van der Waals surface area contributed by atoms with Crippen molar-refractivity contribution in [1.29, 1.82) is 0 Å². The van der Waals surface area contributed by atoms with Crippen LogP contribution in [0.4, 0.5) is 5.82 Å². The summed E-state index contributed by atoms with van der Waals surface area (Å²) in [6.45, 7) is 11.4. The van der Waals surface area contributed by atoms with Crippen molar-refractivity contribution in [2.75, 3.05) is 24.6 Å². The van der Waals surface area contributed by atoms with Gasteiger partial charge in [0, 0.05) is 46.6 Å². The van der Waals surface area contributed by atoms with Gasteiger partial charge in [0.25, 0.3) is 0 Å². The smallest absolute Gasteiger partial charge is 0.308 e. The number of allylic oxidation sites excluding steroid dienone is 3. The number of rotatable bonds is 2. The normalized spacial score (nSPS) is 17.3. The highest BCUT2D eigenvalue weighted by Crippen LogP contribution is 2.38. The Labute approximate surface area is 269 Å². The van der Waals surface area contributed by atoms with E-state index >= 15 is 0 Å². The Balaban J connectivity index is 0.000000743. The number of aromatic nitrogens is 3. The first kappa shape index (κ1) is 32.3. The molecule has 1 fully saturated rings. The summed E-state index contributed by atoms with van der Waals surface area (Å²) in [6, 6.07) is 15.7. The summed E-state index contributed by atoms with van der Waals surface area (Å²) in [7, 11) is 0. The molecule has 1 saturated heterocycles. The van der Waals surface area contributed by atoms with E-state index in [1.54, 1.807) is 20.8 Å². The number of anilines is 1. The molecular formula is C36H41ClN4O4. The topological polar surface area (TPSA) is 100 Å². The molecule has 0 unspecified atom stereocenters. The van der Waals surface area contributed by atoms with Gasteiger partial charge in [-0.2, -0.15) is 9.61 Å². The third-order valence-electron chi connectivity index (χ3n) is 7.91. The Hall–Kier alpha value is -4.14. The van der Waals surface area contributed by atoms with Crippen LogP contribution in [0.5, 0.6) is 5.75 Å². The Kier molecular flexibility index (Phi) is 9.37. The minimum atomic E-state index is -0.882. The van der Waals surface area contributed by atoms with Gasteiger partial charge in [-0.05, 0) is 81.9 Å². The van der Waals surface area contributed by atoms with Crippen molar-refractivity contribution < 1.29 is 19.7 Å². The maximum absolute atomic E-state index is 11.9. The Morgan fingerprint density at radius 2 is 1.78 bits per heavy atom. The third kappa shape index (κ3) is 7.93. The molecule has 0 amide bonds. The van der Waals surface area contributed by atoms with Crippen molar-refractivity contribution in [1.82, 2.24) is 14.6 Å². The van der Waals surface area contributed by atoms with Crippen molar-refractivity contribution in [3.05, 3.63) is 89.1 Å². The molecule has 6 bridgehead atoms. The minimum Gasteiger partial charge on any atom is -0.489 e. The maximum Gasteiger partial charge on any atom is 0.308 e. The molecule has 0 aliphatic carbocycles. The van der Waals surface area contributed by atoms with E-state index in [4.69, 9.17) is 31.5 Å². The van der Waals surface area contributed by atoms with E-state index in [-0.39, 0.29) is 11.8 Å². The van der Waals surface area contributed by atoms with Crippen LogP contribution < -0.4 is 9.64 Å². The number of carboxylic acid groups (broad SMARTS) is 1. The van der Waals surface area contributed by atoms with Gasteiger partial charge in [-0.15, -0.1) is 0 Å². The molecule has 3 aliphatic heterocycles. The molecule has 7 rings (SSSR count). The Morgan fingerprint density at radius 1 is 1.07 bits per heavy atom. The van der Waals surface area contributed by atoms with Crippen molar-refractivity contribution in [2.45, 2.75) is 59.5 Å². The first-order valence-electron chi connectivity index (χ1n) is 15.3. The second kappa shape index (κ2) is 13.1. The quantitative estimate of drug-likeness (QED) is 0.236. The van der Waals surface area contributed by atoms with Crippen LogP contribution in [0.25, 0.3) is 28.0 Å². The Bertz CT molecular complexity index is 1750. The number of ether oxygens (including phenoxy) is 1. The number of fused-ring (bicyclic) bond motifs is 5. The molecule has 9 heteroatoms. The Morgan fingerprint density at radius 3 is 2.49 bits per heavy atom. The molecule has 2 N–H and O–H groups in total. The lowest BCUT2D eigenvalue weighted by atomic mass is 9.80. The molecule has 0 saturated carbocycles. The number of hydrogen-bond donors (Lipinski definition) is 2. The lowest BCUT2D eigenvalue weighted by Crippen LogP contribution is -2.39. The van der Waals surface area contributed by atoms with E-state index in [1.165, 1.54) is 0 Å². The summed E-state index contributed by atoms with van der Waals surface area (Å²) in [5.74, 6) is 0.688. The minimum absolute atomic E-state index is 0.0382. The number of piperidine rings is 1. The molecule has 0 atom stereocenters. The second-order valence-corrected chi connectivity index (χ2v) is 13.4. The van der Waals surface area contributed by atoms with E-state index < -0.39 is 11.6 Å². The van der Waals surface area contributed by atoms with E-state index in [2.05, 4.69) is 30.0 Å². The molecule has 45 heavy (non-hydrogen) atoms. The number of carbonyl (C=O) groups is 1. The van der Waals surface area contributed by atoms with Gasteiger partial charge in [-0.1, -0.05) is 55.0 Å². The lowest BCUT2D eigenvalue weighted by molar-refractivity contribution is -0.136. The fourth-order valence-electron chi connectivity index (χ4n) is 5.62. The highest BCUT2D eigenvalue weighted by Gasteiger charge is 2.31. The predicted molar refractivity (Wildman–Crippen MR) is 180 cm³/mol. The summed E-state index contributed by atoms with van der Waals surface area (Å²) < 4.78 is 7.99. The number of benzene rings is 2. The first-order valence-corrected chi connectivity index (χ1v) is 15.6. The van der Waals surface area contributed by atoms with Crippen LogP contribution in [-0.2, 0) is 11.2 Å². The highest BCUT2D eigenvalue weighted by atomic mass is 35.5. The largest absolute Gasteiger partial charge is 0.489 e. The fraction of sp³-hybridized carbons (Fsp3) is 0.361. The number of nitrogens with zero attached hydrogens (tertiary/aromatic N) is 4. The SMILES string of the molecule is CC(C)(C)O.Cc1nc2cc3nn2c(c1CC(=O)O)N1CCC(C)(/C=C/C=C/COc2ccc(Cl)cc2-c2cccc-3c2)CC1. The summed E-state index contributed by atoms with van der Waals surface area (Å²) in [5.41, 5.74) is 5.19. The molecule has 5 heterocycles. The third-order valence-corrected chi connectivity index (χ3v) is 8.14. The van der Waals surface area contributed by atoms with Crippen LogP contribution >= 0.6 is 11.6 Å². The van der Waals surface area contributed by atoms with Gasteiger partial charge >= 0.3 is 5.97 Å². The van der Waals surface area contributed by atoms with Gasteiger partial charge in [-0.3, -0.25) is 4.79 Å². The molecule has 8 nitrogen and oxygen atoms in total. The molecule has 3 aliphatic rings. The maximum atomic E-state index is 11.9. The zero-order valence-corrected chi connectivity index (χ0v) is 27.3. The highest BCUT2D eigenvalue weighted by molar-refractivity contribution is 6.31. The molecule has 4 aromatic rings. The monoisotopic (exact) mass is 628 g/mol. The van der Waals surface area contributed by atoms with E-state index in [0.717, 1.165) is 59.9 Å². The van der Waals surface area contributed by atoms with E-state index in [9.17, 15) is 9.90 Å². The zero-order valence-electron chi connectivity index (χ0n) is 26.5. The number of aliphatic hydroxyl groups is 1. The van der Waals surface area contributed by atoms with Gasteiger partial charge in [0.1, 0.15) is 18.2 Å². The zero-order chi connectivity index (χ0) is 32.4. The number of carboxylic acids is 1. The molecule has 2 aromatic carbocycles. The van der Waals surface area contributed by atoms with Gasteiger partial charge in [-0.25, -0.2) is 4.98 Å². The van der Waals surface area contributed by atoms with Gasteiger partial charge < -0.3 is 19.8 Å². The van der Waals surface area contributed by atoms with Crippen molar-refractivity contribution in [3.8, 4) is 28.1 Å². The number of hydrogen-bond acceptors (Lipinski definition) is 6. The van der Waals surface area contributed by atoms with Crippen LogP contribution in [0.15, 0.2) is 72.8 Å². The summed E-state index contributed by atoms with van der Waals surface area (Å²) in [4.78, 5) is 18.9. The van der Waals surface area contributed by atoms with Crippen molar-refractivity contribution in [2.24, 2.45) is 5.41 Å². The summed E-state index contributed by atoms with van der Waals surface area (Å²) >= 11 is 6.40. The lowest BCUT2D eigenvalue weighted by Gasteiger charge is -2.39. The number of aliphatic carboxylic acids is 1. The number of aryl methyl sites for hydroxylation is 1. The van der Waals surface area contributed by atoms with Gasteiger partial charge in [0.15, 0.2) is 5.65 Å². The molecule has 2 aromatic heterocycles. The van der Waals surface area contributed by atoms with Crippen LogP contribution in [0.3, 0.4) is 0 Å². The molecule has 0 spiro atoms. The standard InChI is InChI=1S/C32H31ClN4O3.C4H10O/c1-21-25(19-30(38)39)31-36-14-12-32(2,13-15-36)11-4-3-5-16-40-28-10-9-24(33)18-26(28)22-7-6-8-23(17-22)27-20-29(34-21)37(31)35-27;1-4(2,3)5/h3-11,17-18,20H,12-16,19H2,1-2H3,(H,38,39);5H,1-3H3/b5-3+,11-4+;. The van der Waals surface area contributed by atoms with E-state index in [1.807, 2.05) is 66.1 Å².